The molecule has 1 saturated carbocycles. The van der Waals surface area contributed by atoms with Crippen LogP contribution in [0.15, 0.2) is 73.2 Å². The van der Waals surface area contributed by atoms with Gasteiger partial charge >= 0.3 is 0 Å². The number of aryl methyl sites for hydroxylation is 2. The lowest BCUT2D eigenvalue weighted by atomic mass is 9.64. The molecular weight excluding hydrogens is 346 g/mol. The Hall–Kier alpha value is -2.88. The summed E-state index contributed by atoms with van der Waals surface area (Å²) in [5.74, 6) is -0.0994. The summed E-state index contributed by atoms with van der Waals surface area (Å²) in [5, 5.41) is 0. The van der Waals surface area contributed by atoms with Crippen LogP contribution in [0.4, 0.5) is 0 Å². The molecule has 4 heteroatoms. The van der Waals surface area contributed by atoms with Crippen molar-refractivity contribution in [2.45, 2.75) is 37.6 Å². The number of benzene rings is 2. The van der Waals surface area contributed by atoms with Gasteiger partial charge in [0.2, 0.25) is 12.2 Å². The molecule has 1 aliphatic carbocycles. The van der Waals surface area contributed by atoms with Gasteiger partial charge in [-0.3, -0.25) is 4.79 Å². The lowest BCUT2D eigenvalue weighted by Gasteiger charge is -2.37. The number of rotatable bonds is 5. The third kappa shape index (κ3) is 2.93. The SMILES string of the molecule is Cc1c[n+](C2CCC(C(C(N)=O)(c3ccccc3)c3ccccc3)C2)cn1C. The maximum absolute atomic E-state index is 13.1. The van der Waals surface area contributed by atoms with Gasteiger partial charge in [-0.2, -0.15) is 0 Å². The van der Waals surface area contributed by atoms with Gasteiger partial charge in [0.05, 0.1) is 7.05 Å². The molecule has 28 heavy (non-hydrogen) atoms. The van der Waals surface area contributed by atoms with Crippen LogP contribution in [0.25, 0.3) is 0 Å². The second kappa shape index (κ2) is 7.27. The highest BCUT2D eigenvalue weighted by molar-refractivity contribution is 5.91. The number of carbonyl (C=O) groups excluding carboxylic acids is 1. The summed E-state index contributed by atoms with van der Waals surface area (Å²) in [5.41, 5.74) is 8.59. The van der Waals surface area contributed by atoms with Gasteiger partial charge in [0.15, 0.2) is 0 Å². The molecule has 3 aromatic rings. The van der Waals surface area contributed by atoms with Crippen LogP contribution in [0.3, 0.4) is 0 Å². The van der Waals surface area contributed by atoms with E-state index in [-0.39, 0.29) is 11.8 Å². The van der Waals surface area contributed by atoms with Crippen LogP contribution in [-0.4, -0.2) is 10.5 Å². The van der Waals surface area contributed by atoms with Crippen LogP contribution >= 0.6 is 0 Å². The van der Waals surface area contributed by atoms with Crippen LogP contribution in [0.1, 0.15) is 42.1 Å². The minimum absolute atomic E-state index is 0.160. The molecule has 0 bridgehead atoms. The number of hydrogen-bond acceptors (Lipinski definition) is 1. The summed E-state index contributed by atoms with van der Waals surface area (Å²) in [6, 6.07) is 20.5. The van der Waals surface area contributed by atoms with Gasteiger partial charge in [0, 0.05) is 6.92 Å². The normalized spacial score (nSPS) is 19.6. The van der Waals surface area contributed by atoms with Crippen LogP contribution in [0.5, 0.6) is 0 Å². The lowest BCUT2D eigenvalue weighted by Crippen LogP contribution is -2.48. The highest BCUT2D eigenvalue weighted by atomic mass is 16.1. The Kier molecular flexibility index (Phi) is 4.80. The molecule has 1 aromatic heterocycles. The second-order valence-corrected chi connectivity index (χ2v) is 8.01. The summed E-state index contributed by atoms with van der Waals surface area (Å²) in [4.78, 5) is 13.1. The van der Waals surface area contributed by atoms with Crippen molar-refractivity contribution in [2.24, 2.45) is 18.7 Å². The summed E-state index contributed by atoms with van der Waals surface area (Å²) in [6.07, 6.45) is 7.30. The maximum atomic E-state index is 13.1. The minimum Gasteiger partial charge on any atom is -0.369 e. The van der Waals surface area contributed by atoms with Crippen molar-refractivity contribution in [3.05, 3.63) is 90.0 Å². The molecule has 2 aromatic carbocycles. The molecular formula is C24H28N3O+. The van der Waals surface area contributed by atoms with E-state index in [9.17, 15) is 4.79 Å². The number of primary amides is 1. The Labute approximate surface area is 166 Å². The molecule has 1 fully saturated rings. The van der Waals surface area contributed by atoms with Crippen LogP contribution < -0.4 is 10.3 Å². The fourth-order valence-corrected chi connectivity index (χ4v) is 4.98. The number of imidazole rings is 1. The molecule has 0 spiro atoms. The average Bonchev–Trinajstić information content (AvgIpc) is 3.31. The van der Waals surface area contributed by atoms with E-state index < -0.39 is 5.41 Å². The maximum Gasteiger partial charge on any atom is 0.243 e. The van der Waals surface area contributed by atoms with E-state index in [2.05, 4.69) is 35.6 Å². The third-order valence-corrected chi connectivity index (χ3v) is 6.48. The van der Waals surface area contributed by atoms with Crippen molar-refractivity contribution in [1.82, 2.24) is 4.57 Å². The lowest BCUT2D eigenvalue weighted by molar-refractivity contribution is -0.721. The van der Waals surface area contributed by atoms with Crippen molar-refractivity contribution in [3.8, 4) is 0 Å². The predicted molar refractivity (Wildman–Crippen MR) is 110 cm³/mol. The smallest absolute Gasteiger partial charge is 0.243 e. The molecule has 0 saturated heterocycles. The second-order valence-electron chi connectivity index (χ2n) is 8.01. The monoisotopic (exact) mass is 374 g/mol. The van der Waals surface area contributed by atoms with Gasteiger partial charge in [-0.25, -0.2) is 9.13 Å². The fraction of sp³-hybridized carbons (Fsp3) is 0.333. The molecule has 4 rings (SSSR count). The summed E-state index contributed by atoms with van der Waals surface area (Å²) in [7, 11) is 2.07. The first-order valence-electron chi connectivity index (χ1n) is 9.98. The van der Waals surface area contributed by atoms with E-state index >= 15 is 0 Å². The van der Waals surface area contributed by atoms with Crippen LogP contribution in [0.2, 0.25) is 0 Å². The fourth-order valence-electron chi connectivity index (χ4n) is 4.98. The molecule has 4 nitrogen and oxygen atoms in total. The van der Waals surface area contributed by atoms with E-state index in [1.165, 1.54) is 5.69 Å². The van der Waals surface area contributed by atoms with Gasteiger partial charge in [-0.15, -0.1) is 0 Å². The molecule has 0 aliphatic heterocycles. The first-order chi connectivity index (χ1) is 13.5. The van der Waals surface area contributed by atoms with Gasteiger partial charge < -0.3 is 5.73 Å². The van der Waals surface area contributed by atoms with E-state index in [0.717, 1.165) is 30.4 Å². The summed E-state index contributed by atoms with van der Waals surface area (Å²) >= 11 is 0. The molecule has 1 heterocycles. The number of nitrogens with zero attached hydrogens (tertiary/aromatic N) is 2. The van der Waals surface area contributed by atoms with Gasteiger partial charge in [0.25, 0.3) is 0 Å². The molecule has 2 atom stereocenters. The Balaban J connectivity index is 1.79. The standard InChI is InChI=1S/C24H27N3O/c1-18-16-27(17-26(18)2)22-14-13-21(15-22)24(23(25)28,19-9-5-3-6-10-19)20-11-7-4-8-12-20/h3-12,16-17,21-22H,13-15H2,1-2H3,(H-,25,28)/p+1. The quantitative estimate of drug-likeness (QED) is 0.684. The summed E-state index contributed by atoms with van der Waals surface area (Å²) < 4.78 is 4.44. The van der Waals surface area contributed by atoms with Crippen LogP contribution in [-0.2, 0) is 17.3 Å². The minimum atomic E-state index is -0.804. The van der Waals surface area contributed by atoms with Crippen molar-refractivity contribution in [3.63, 3.8) is 0 Å². The van der Waals surface area contributed by atoms with Crippen molar-refractivity contribution in [1.29, 1.82) is 0 Å². The van der Waals surface area contributed by atoms with Crippen molar-refractivity contribution >= 4 is 5.91 Å². The van der Waals surface area contributed by atoms with Crippen LogP contribution in [0, 0.1) is 12.8 Å². The molecule has 1 aliphatic rings. The Morgan fingerprint density at radius 1 is 1.04 bits per heavy atom. The predicted octanol–water partition coefficient (Wildman–Crippen LogP) is 3.43. The molecule has 2 N–H and O–H groups in total. The Morgan fingerprint density at radius 3 is 2.07 bits per heavy atom. The molecule has 0 radical (unpaired) electrons. The number of amides is 1. The first kappa shape index (κ1) is 18.5. The topological polar surface area (TPSA) is 51.9 Å². The molecule has 144 valence electrons. The molecule has 2 unspecified atom stereocenters. The van der Waals surface area contributed by atoms with Gasteiger partial charge in [-0.05, 0) is 36.3 Å². The van der Waals surface area contributed by atoms with E-state index in [4.69, 9.17) is 5.73 Å². The highest BCUT2D eigenvalue weighted by Gasteiger charge is 2.50. The number of aromatic nitrogens is 2. The summed E-state index contributed by atoms with van der Waals surface area (Å²) in [6.45, 7) is 2.12. The average molecular weight is 375 g/mol. The first-order valence-corrected chi connectivity index (χ1v) is 9.98. The zero-order valence-corrected chi connectivity index (χ0v) is 16.6. The Morgan fingerprint density at radius 2 is 1.61 bits per heavy atom. The molecule has 1 amide bonds. The number of hydrogen-bond donors (Lipinski definition) is 1. The van der Waals surface area contributed by atoms with E-state index in [1.54, 1.807) is 0 Å². The zero-order valence-electron chi connectivity index (χ0n) is 16.6. The third-order valence-electron chi connectivity index (χ3n) is 6.48. The largest absolute Gasteiger partial charge is 0.369 e. The van der Waals surface area contributed by atoms with Gasteiger partial charge in [0.1, 0.15) is 23.3 Å². The highest BCUT2D eigenvalue weighted by Crippen LogP contribution is 2.48. The van der Waals surface area contributed by atoms with Crippen molar-refractivity contribution in [2.75, 3.05) is 0 Å². The number of carbonyl (C=O) groups is 1. The van der Waals surface area contributed by atoms with E-state index in [1.807, 2.05) is 60.7 Å². The van der Waals surface area contributed by atoms with Gasteiger partial charge in [-0.1, -0.05) is 60.7 Å². The zero-order chi connectivity index (χ0) is 19.7. The Bertz CT molecular complexity index is 903. The van der Waals surface area contributed by atoms with Crippen molar-refractivity contribution < 1.29 is 9.36 Å². The van der Waals surface area contributed by atoms with E-state index in [0.29, 0.717) is 6.04 Å². The number of nitrogens with two attached hydrogens (primary N) is 1.